The van der Waals surface area contributed by atoms with Crippen LogP contribution in [0.1, 0.15) is 22.9 Å². The SMILES string of the molecule is CC(=O)C(Br)c1ccc(O)c(CO)c1. The van der Waals surface area contributed by atoms with Crippen LogP contribution in [0.4, 0.5) is 0 Å². The normalized spacial score (nSPS) is 12.5. The maximum atomic E-state index is 11.1. The van der Waals surface area contributed by atoms with E-state index in [0.717, 1.165) is 5.56 Å². The summed E-state index contributed by atoms with van der Waals surface area (Å²) in [4.78, 5) is 10.7. The molecule has 1 aromatic carbocycles. The van der Waals surface area contributed by atoms with Gasteiger partial charge in [0.05, 0.1) is 11.4 Å². The molecule has 2 N–H and O–H groups in total. The zero-order valence-corrected chi connectivity index (χ0v) is 9.28. The van der Waals surface area contributed by atoms with Gasteiger partial charge in [-0.2, -0.15) is 0 Å². The first kappa shape index (κ1) is 11.2. The third kappa shape index (κ3) is 2.33. The molecule has 0 aliphatic carbocycles. The topological polar surface area (TPSA) is 57.5 Å². The van der Waals surface area contributed by atoms with Gasteiger partial charge in [-0.3, -0.25) is 4.79 Å². The number of aliphatic hydroxyl groups excluding tert-OH is 1. The first-order valence-corrected chi connectivity index (χ1v) is 5.05. The first-order valence-electron chi connectivity index (χ1n) is 4.13. The highest BCUT2D eigenvalue weighted by atomic mass is 79.9. The Morgan fingerprint density at radius 3 is 2.71 bits per heavy atom. The number of rotatable bonds is 3. The minimum Gasteiger partial charge on any atom is -0.508 e. The molecule has 0 amide bonds. The molecule has 0 heterocycles. The molecule has 1 aromatic rings. The van der Waals surface area contributed by atoms with Crippen molar-refractivity contribution in [3.05, 3.63) is 29.3 Å². The quantitative estimate of drug-likeness (QED) is 0.815. The van der Waals surface area contributed by atoms with E-state index in [1.165, 1.54) is 13.0 Å². The van der Waals surface area contributed by atoms with Crippen molar-refractivity contribution in [1.29, 1.82) is 0 Å². The molecule has 14 heavy (non-hydrogen) atoms. The second-order valence-electron chi connectivity index (χ2n) is 3.02. The monoisotopic (exact) mass is 258 g/mol. The Balaban J connectivity index is 3.06. The summed E-state index contributed by atoms with van der Waals surface area (Å²) in [5, 5.41) is 18.2. The van der Waals surface area contributed by atoms with E-state index < -0.39 is 0 Å². The molecule has 1 unspecified atom stereocenters. The fourth-order valence-corrected chi connectivity index (χ4v) is 1.41. The van der Waals surface area contributed by atoms with Gasteiger partial charge in [-0.25, -0.2) is 0 Å². The Hall–Kier alpha value is -0.870. The lowest BCUT2D eigenvalue weighted by Crippen LogP contribution is -2.01. The maximum Gasteiger partial charge on any atom is 0.147 e. The molecule has 0 aromatic heterocycles. The van der Waals surface area contributed by atoms with Gasteiger partial charge in [-0.1, -0.05) is 22.0 Å². The number of carbonyl (C=O) groups is 1. The van der Waals surface area contributed by atoms with Crippen LogP contribution in [0.15, 0.2) is 18.2 Å². The third-order valence-corrected chi connectivity index (χ3v) is 3.10. The predicted octanol–water partition coefficient (Wildman–Crippen LogP) is 1.91. The van der Waals surface area contributed by atoms with E-state index in [0.29, 0.717) is 5.56 Å². The van der Waals surface area contributed by atoms with E-state index in [9.17, 15) is 9.90 Å². The second-order valence-corrected chi connectivity index (χ2v) is 3.94. The maximum absolute atomic E-state index is 11.1. The lowest BCUT2D eigenvalue weighted by Gasteiger charge is -2.08. The van der Waals surface area contributed by atoms with E-state index >= 15 is 0 Å². The van der Waals surface area contributed by atoms with Crippen LogP contribution in [0.3, 0.4) is 0 Å². The minimum atomic E-state index is -0.381. The Labute approximate surface area is 90.5 Å². The summed E-state index contributed by atoms with van der Waals surface area (Å²) in [6.45, 7) is 1.24. The molecule has 0 spiro atoms. The van der Waals surface area contributed by atoms with Gasteiger partial charge in [-0.15, -0.1) is 0 Å². The highest BCUT2D eigenvalue weighted by molar-refractivity contribution is 9.09. The van der Waals surface area contributed by atoms with Crippen LogP contribution in [0, 0.1) is 0 Å². The van der Waals surface area contributed by atoms with Gasteiger partial charge >= 0.3 is 0 Å². The van der Waals surface area contributed by atoms with Crippen LogP contribution in [0.25, 0.3) is 0 Å². The molecule has 0 aliphatic heterocycles. The van der Waals surface area contributed by atoms with E-state index in [4.69, 9.17) is 5.11 Å². The number of carbonyl (C=O) groups excluding carboxylic acids is 1. The first-order chi connectivity index (χ1) is 6.56. The summed E-state index contributed by atoms with van der Waals surface area (Å²) in [5.41, 5.74) is 1.16. The Kier molecular flexibility index (Phi) is 3.66. The van der Waals surface area contributed by atoms with Crippen LogP contribution in [-0.4, -0.2) is 16.0 Å². The highest BCUT2D eigenvalue weighted by Gasteiger charge is 2.13. The average Bonchev–Trinajstić information content (AvgIpc) is 2.17. The molecule has 0 bridgehead atoms. The number of aromatic hydroxyl groups is 1. The smallest absolute Gasteiger partial charge is 0.147 e. The minimum absolute atomic E-state index is 0.0143. The molecule has 4 heteroatoms. The molecule has 0 radical (unpaired) electrons. The molecule has 0 saturated heterocycles. The molecular weight excluding hydrogens is 248 g/mol. The van der Waals surface area contributed by atoms with Crippen molar-refractivity contribution in [2.24, 2.45) is 0 Å². The number of Topliss-reactive ketones (excluding diaryl/α,β-unsaturated/α-hetero) is 1. The summed E-state index contributed by atoms with van der Waals surface area (Å²) in [6.07, 6.45) is 0. The molecule has 0 fully saturated rings. The standard InChI is InChI=1S/C10H11BrO3/c1-6(13)10(11)7-2-3-9(14)8(4-7)5-12/h2-4,10,12,14H,5H2,1H3. The number of benzene rings is 1. The number of hydrogen-bond donors (Lipinski definition) is 2. The predicted molar refractivity (Wildman–Crippen MR) is 56.4 cm³/mol. The van der Waals surface area contributed by atoms with Crippen LogP contribution in [-0.2, 0) is 11.4 Å². The number of phenols is 1. The van der Waals surface area contributed by atoms with Gasteiger partial charge < -0.3 is 10.2 Å². The van der Waals surface area contributed by atoms with Crippen molar-refractivity contribution < 1.29 is 15.0 Å². The second kappa shape index (κ2) is 4.57. The van der Waals surface area contributed by atoms with Crippen LogP contribution in [0.5, 0.6) is 5.75 Å². The fraction of sp³-hybridized carbons (Fsp3) is 0.300. The molecule has 3 nitrogen and oxygen atoms in total. The summed E-state index contributed by atoms with van der Waals surface area (Å²) >= 11 is 3.23. The number of alkyl halides is 1. The van der Waals surface area contributed by atoms with E-state index in [2.05, 4.69) is 15.9 Å². The van der Waals surface area contributed by atoms with Crippen LogP contribution >= 0.6 is 15.9 Å². The van der Waals surface area contributed by atoms with Crippen molar-refractivity contribution in [3.8, 4) is 5.75 Å². The van der Waals surface area contributed by atoms with E-state index in [1.807, 2.05) is 0 Å². The Morgan fingerprint density at radius 1 is 1.57 bits per heavy atom. The van der Waals surface area contributed by atoms with E-state index in [-0.39, 0.29) is 23.0 Å². The average molecular weight is 259 g/mol. The largest absolute Gasteiger partial charge is 0.508 e. The van der Waals surface area contributed by atoms with Crippen LogP contribution < -0.4 is 0 Å². The molecule has 1 rings (SSSR count). The van der Waals surface area contributed by atoms with Crippen LogP contribution in [0.2, 0.25) is 0 Å². The summed E-state index contributed by atoms with van der Waals surface area (Å²) < 4.78 is 0. The van der Waals surface area contributed by atoms with Crippen molar-refractivity contribution in [1.82, 2.24) is 0 Å². The van der Waals surface area contributed by atoms with Gasteiger partial charge in [0.1, 0.15) is 11.5 Å². The van der Waals surface area contributed by atoms with Crippen molar-refractivity contribution in [3.63, 3.8) is 0 Å². The summed E-state index contributed by atoms with van der Waals surface area (Å²) in [5.74, 6) is 0.0269. The fourth-order valence-electron chi connectivity index (χ4n) is 1.12. The molecule has 76 valence electrons. The zero-order valence-electron chi connectivity index (χ0n) is 7.70. The van der Waals surface area contributed by atoms with Crippen molar-refractivity contribution in [2.75, 3.05) is 0 Å². The number of aliphatic hydroxyl groups is 1. The van der Waals surface area contributed by atoms with Gasteiger partial charge in [-0.05, 0) is 24.6 Å². The summed E-state index contributed by atoms with van der Waals surface area (Å²) in [6, 6.07) is 4.73. The van der Waals surface area contributed by atoms with Gasteiger partial charge in [0.15, 0.2) is 0 Å². The number of ketones is 1. The lowest BCUT2D eigenvalue weighted by atomic mass is 10.1. The third-order valence-electron chi connectivity index (χ3n) is 1.92. The van der Waals surface area contributed by atoms with Gasteiger partial charge in [0.25, 0.3) is 0 Å². The number of halogens is 1. The lowest BCUT2D eigenvalue weighted by molar-refractivity contribution is -0.116. The molecule has 0 saturated carbocycles. The summed E-state index contributed by atoms with van der Waals surface area (Å²) in [7, 11) is 0. The van der Waals surface area contributed by atoms with E-state index in [1.54, 1.807) is 12.1 Å². The Morgan fingerprint density at radius 2 is 2.21 bits per heavy atom. The number of hydrogen-bond acceptors (Lipinski definition) is 3. The Bertz CT molecular complexity index is 349. The molecule has 1 atom stereocenters. The molecular formula is C10H11BrO3. The highest BCUT2D eigenvalue weighted by Crippen LogP contribution is 2.27. The van der Waals surface area contributed by atoms with Gasteiger partial charge in [0, 0.05) is 5.56 Å². The molecule has 0 aliphatic rings. The van der Waals surface area contributed by atoms with Crippen molar-refractivity contribution in [2.45, 2.75) is 18.4 Å². The zero-order chi connectivity index (χ0) is 10.7. The van der Waals surface area contributed by atoms with Crippen molar-refractivity contribution >= 4 is 21.7 Å². The van der Waals surface area contributed by atoms with Gasteiger partial charge in [0.2, 0.25) is 0 Å².